The molecule has 0 heterocycles. The van der Waals surface area contributed by atoms with Gasteiger partial charge in [-0.1, -0.05) is 54.6 Å². The summed E-state index contributed by atoms with van der Waals surface area (Å²) in [6, 6.07) is 23.0. The molecule has 0 radical (unpaired) electrons. The predicted molar refractivity (Wildman–Crippen MR) is 151 cm³/mol. The van der Waals surface area contributed by atoms with Crippen LogP contribution in [0.3, 0.4) is 0 Å². The van der Waals surface area contributed by atoms with Gasteiger partial charge in [-0.3, -0.25) is 4.79 Å². The highest BCUT2D eigenvalue weighted by Gasteiger charge is 2.21. The molecule has 8 nitrogen and oxygen atoms in total. The molecule has 0 N–H and O–H groups in total. The lowest BCUT2D eigenvalue weighted by atomic mass is 10.1. The van der Waals surface area contributed by atoms with Gasteiger partial charge < -0.3 is 18.6 Å². The maximum Gasteiger partial charge on any atom is 0.335 e. The molecule has 39 heavy (non-hydrogen) atoms. The monoisotopic (exact) mass is 551 g/mol. The largest absolute Gasteiger partial charge is 0.464 e. The van der Waals surface area contributed by atoms with Crippen LogP contribution in [-0.2, 0) is 30.8 Å². The molecule has 0 aliphatic heterocycles. The molecule has 3 rings (SSSR count). The van der Waals surface area contributed by atoms with Crippen LogP contribution in [-0.4, -0.2) is 52.4 Å². The lowest BCUT2D eigenvalue weighted by molar-refractivity contribution is -0.156. The second kappa shape index (κ2) is 14.3. The molecule has 0 unspecified atom stereocenters. The van der Waals surface area contributed by atoms with E-state index >= 15 is 0 Å². The van der Waals surface area contributed by atoms with Gasteiger partial charge in [-0.05, 0) is 61.4 Å². The van der Waals surface area contributed by atoms with Crippen LogP contribution in [0.4, 0.5) is 5.69 Å². The van der Waals surface area contributed by atoms with Crippen molar-refractivity contribution in [3.8, 4) is 5.75 Å². The molecule has 9 heteroatoms. The third kappa shape index (κ3) is 9.38. The Labute approximate surface area is 229 Å². The Morgan fingerprint density at radius 1 is 0.897 bits per heavy atom. The normalized spacial score (nSPS) is 12.2. The van der Waals surface area contributed by atoms with Crippen molar-refractivity contribution in [3.05, 3.63) is 102 Å². The van der Waals surface area contributed by atoms with Gasteiger partial charge in [0.05, 0.1) is 12.9 Å². The van der Waals surface area contributed by atoms with Crippen molar-refractivity contribution in [1.29, 1.82) is 0 Å². The Hall–Kier alpha value is -3.95. The Morgan fingerprint density at radius 3 is 2.15 bits per heavy atom. The average Bonchev–Trinajstić information content (AvgIpc) is 2.92. The topological polar surface area (TPSA) is 99.2 Å². The van der Waals surface area contributed by atoms with Crippen LogP contribution < -0.4 is 9.08 Å². The first-order chi connectivity index (χ1) is 18.7. The minimum atomic E-state index is -3.60. The van der Waals surface area contributed by atoms with Crippen molar-refractivity contribution in [2.45, 2.75) is 26.4 Å². The molecular formula is C30H33NO7S. The van der Waals surface area contributed by atoms with Crippen molar-refractivity contribution >= 4 is 33.8 Å². The van der Waals surface area contributed by atoms with Gasteiger partial charge in [-0.15, -0.1) is 0 Å². The maximum absolute atomic E-state index is 13.4. The van der Waals surface area contributed by atoms with Crippen LogP contribution in [0.5, 0.6) is 5.75 Å². The first kappa shape index (κ1) is 29.6. The first-order valence-electron chi connectivity index (χ1n) is 12.6. The van der Waals surface area contributed by atoms with E-state index in [9.17, 15) is 18.0 Å². The minimum Gasteiger partial charge on any atom is -0.464 e. The minimum absolute atomic E-state index is 0.163. The van der Waals surface area contributed by atoms with Crippen molar-refractivity contribution < 1.29 is 31.7 Å². The summed E-state index contributed by atoms with van der Waals surface area (Å²) in [4.78, 5) is 27.3. The lowest BCUT2D eigenvalue weighted by Gasteiger charge is -2.22. The highest BCUT2D eigenvalue weighted by Crippen LogP contribution is 2.21. The molecule has 3 aromatic rings. The third-order valence-corrected chi connectivity index (χ3v) is 6.07. The standard InChI is InChI=1S/C30H33NO7S/c1-4-36-28(30(33)37-5-2)22-24-13-17-26(18-14-24)31(29(32)25-11-7-6-8-12-25)21-9-10-23-15-19-27(20-16-23)38-39(3,34)35/h6-20,28H,4-5,21-22H2,1-3H3/b10-9+/t28-/m1/s1. The molecule has 0 aliphatic carbocycles. The number of rotatable bonds is 13. The Balaban J connectivity index is 1.79. The highest BCUT2D eigenvalue weighted by atomic mass is 32.2. The molecule has 206 valence electrons. The molecule has 0 aliphatic rings. The fraction of sp³-hybridized carbons (Fsp3) is 0.267. The summed E-state index contributed by atoms with van der Waals surface area (Å²) in [6.07, 6.45) is 4.35. The predicted octanol–water partition coefficient (Wildman–Crippen LogP) is 4.90. The number of nitrogens with zero attached hydrogens (tertiary/aromatic N) is 1. The maximum atomic E-state index is 13.4. The van der Waals surface area contributed by atoms with E-state index in [0.717, 1.165) is 17.4 Å². The number of carbonyl (C=O) groups excluding carboxylic acids is 2. The van der Waals surface area contributed by atoms with Crippen LogP contribution >= 0.6 is 0 Å². The number of benzene rings is 3. The van der Waals surface area contributed by atoms with Crippen molar-refractivity contribution in [1.82, 2.24) is 0 Å². The molecule has 0 saturated heterocycles. The zero-order chi connectivity index (χ0) is 28.3. The lowest BCUT2D eigenvalue weighted by Crippen LogP contribution is -2.31. The molecular weight excluding hydrogens is 518 g/mol. The van der Waals surface area contributed by atoms with Gasteiger partial charge in [-0.2, -0.15) is 8.42 Å². The Morgan fingerprint density at radius 2 is 1.56 bits per heavy atom. The van der Waals surface area contributed by atoms with E-state index in [1.54, 1.807) is 48.2 Å². The molecule has 0 saturated carbocycles. The first-order valence-corrected chi connectivity index (χ1v) is 14.4. The van der Waals surface area contributed by atoms with Crippen molar-refractivity contribution in [2.75, 3.05) is 30.9 Å². The zero-order valence-electron chi connectivity index (χ0n) is 22.3. The Kier molecular flexibility index (Phi) is 10.8. The van der Waals surface area contributed by atoms with Gasteiger partial charge in [0.25, 0.3) is 5.91 Å². The fourth-order valence-electron chi connectivity index (χ4n) is 3.82. The number of hydrogen-bond acceptors (Lipinski definition) is 7. The van der Waals surface area contributed by atoms with Crippen LogP contribution in [0.1, 0.15) is 35.3 Å². The molecule has 0 fully saturated rings. The van der Waals surface area contributed by atoms with Crippen LogP contribution in [0.2, 0.25) is 0 Å². The number of anilines is 1. The van der Waals surface area contributed by atoms with E-state index < -0.39 is 22.2 Å². The average molecular weight is 552 g/mol. The molecule has 0 bridgehead atoms. The van der Waals surface area contributed by atoms with Gasteiger partial charge in [0.1, 0.15) is 5.75 Å². The number of esters is 1. The van der Waals surface area contributed by atoms with Crippen LogP contribution in [0.15, 0.2) is 84.9 Å². The SMILES string of the molecule is CCOC(=O)[C@@H](Cc1ccc(N(C/C=C/c2ccc(OS(C)(=O)=O)cc2)C(=O)c2ccccc2)cc1)OCC. The molecule has 3 aromatic carbocycles. The molecule has 1 atom stereocenters. The van der Waals surface area contributed by atoms with Crippen LogP contribution in [0.25, 0.3) is 6.08 Å². The van der Waals surface area contributed by atoms with Gasteiger partial charge in [0.15, 0.2) is 6.10 Å². The summed E-state index contributed by atoms with van der Waals surface area (Å²) in [7, 11) is -3.60. The van der Waals surface area contributed by atoms with E-state index in [4.69, 9.17) is 13.7 Å². The molecule has 0 aromatic heterocycles. The summed E-state index contributed by atoms with van der Waals surface area (Å²) < 4.78 is 38.2. The third-order valence-electron chi connectivity index (χ3n) is 5.58. The Bertz CT molecular complexity index is 1350. The number of hydrogen-bond donors (Lipinski definition) is 0. The van der Waals surface area contributed by atoms with E-state index in [-0.39, 0.29) is 18.3 Å². The van der Waals surface area contributed by atoms with E-state index in [1.165, 1.54) is 0 Å². The van der Waals surface area contributed by atoms with E-state index in [1.807, 2.05) is 61.5 Å². The van der Waals surface area contributed by atoms with Gasteiger partial charge >= 0.3 is 16.1 Å². The summed E-state index contributed by atoms with van der Waals surface area (Å²) in [5.74, 6) is -0.334. The second-order valence-electron chi connectivity index (χ2n) is 8.61. The number of carbonyl (C=O) groups is 2. The van der Waals surface area contributed by atoms with E-state index in [0.29, 0.717) is 30.8 Å². The summed E-state index contributed by atoms with van der Waals surface area (Å²) in [5.41, 5.74) is 2.94. The number of amides is 1. The van der Waals surface area contributed by atoms with Gasteiger partial charge in [-0.25, -0.2) is 4.79 Å². The smallest absolute Gasteiger partial charge is 0.335 e. The zero-order valence-corrected chi connectivity index (χ0v) is 23.1. The number of ether oxygens (including phenoxy) is 2. The quantitative estimate of drug-likeness (QED) is 0.220. The molecule has 1 amide bonds. The van der Waals surface area contributed by atoms with Crippen molar-refractivity contribution in [3.63, 3.8) is 0 Å². The fourth-order valence-corrected chi connectivity index (χ4v) is 4.28. The summed E-state index contributed by atoms with van der Waals surface area (Å²) in [6.45, 7) is 4.54. The van der Waals surface area contributed by atoms with Gasteiger partial charge in [0, 0.05) is 30.8 Å². The molecule has 0 spiro atoms. The van der Waals surface area contributed by atoms with E-state index in [2.05, 4.69) is 0 Å². The summed E-state index contributed by atoms with van der Waals surface area (Å²) in [5, 5.41) is 0. The second-order valence-corrected chi connectivity index (χ2v) is 10.2. The van der Waals surface area contributed by atoms with Crippen molar-refractivity contribution in [2.24, 2.45) is 0 Å². The van der Waals surface area contributed by atoms with Crippen LogP contribution in [0, 0.1) is 0 Å². The summed E-state index contributed by atoms with van der Waals surface area (Å²) >= 11 is 0. The van der Waals surface area contributed by atoms with Gasteiger partial charge in [0.2, 0.25) is 0 Å². The highest BCUT2D eigenvalue weighted by molar-refractivity contribution is 7.86.